The molecule has 2 amide bonds. The van der Waals surface area contributed by atoms with E-state index in [9.17, 15) is 9.59 Å². The summed E-state index contributed by atoms with van der Waals surface area (Å²) in [7, 11) is 0. The zero-order chi connectivity index (χ0) is 24.5. The number of fused-ring (bicyclic) bond motifs is 1. The molecule has 0 unspecified atom stereocenters. The zero-order valence-electron chi connectivity index (χ0n) is 20.2. The molecule has 0 atom stereocenters. The van der Waals surface area contributed by atoms with Gasteiger partial charge in [0.05, 0.1) is 11.9 Å². The average molecular weight is 480 g/mol. The van der Waals surface area contributed by atoms with Crippen LogP contribution in [-0.2, 0) is 17.8 Å². The summed E-state index contributed by atoms with van der Waals surface area (Å²) in [6.07, 6.45) is 7.80. The molecule has 0 N–H and O–H groups in total. The molecule has 7 heteroatoms. The predicted octanol–water partition coefficient (Wildman–Crippen LogP) is 4.10. The van der Waals surface area contributed by atoms with Gasteiger partial charge in [-0.15, -0.1) is 0 Å². The van der Waals surface area contributed by atoms with Crippen LogP contribution < -0.4 is 0 Å². The maximum Gasteiger partial charge on any atom is 0.259 e. The Balaban J connectivity index is 1.17. The number of para-hydroxylation sites is 1. The SMILES string of the molecule is O=C(c1cnn(-c2ccccc2)c1-n1cccc1)N1CCC(C(=O)N2CCc3ccccc3C2)CC1. The fraction of sp³-hybridized carbons (Fsp3) is 0.276. The minimum absolute atomic E-state index is 0.0322. The summed E-state index contributed by atoms with van der Waals surface area (Å²) >= 11 is 0. The van der Waals surface area contributed by atoms with Crippen molar-refractivity contribution in [3.63, 3.8) is 0 Å². The largest absolute Gasteiger partial charge is 0.338 e. The van der Waals surface area contributed by atoms with Gasteiger partial charge in [0.1, 0.15) is 5.56 Å². The Kier molecular flexibility index (Phi) is 5.89. The molecule has 0 aliphatic carbocycles. The van der Waals surface area contributed by atoms with Crippen molar-refractivity contribution in [3.05, 3.63) is 102 Å². The highest BCUT2D eigenvalue weighted by Crippen LogP contribution is 2.27. The van der Waals surface area contributed by atoms with E-state index in [0.29, 0.717) is 38.0 Å². The fourth-order valence-corrected chi connectivity index (χ4v) is 5.42. The first-order valence-electron chi connectivity index (χ1n) is 12.6. The van der Waals surface area contributed by atoms with E-state index in [4.69, 9.17) is 0 Å². The molecule has 7 nitrogen and oxygen atoms in total. The first kappa shape index (κ1) is 22.3. The molecule has 0 saturated carbocycles. The predicted molar refractivity (Wildman–Crippen MR) is 137 cm³/mol. The number of likely N-dealkylation sites (tertiary alicyclic amines) is 1. The third kappa shape index (κ3) is 4.11. The minimum atomic E-state index is -0.0429. The van der Waals surface area contributed by atoms with Crippen LogP contribution in [0.5, 0.6) is 0 Å². The lowest BCUT2D eigenvalue weighted by atomic mass is 9.93. The Bertz CT molecular complexity index is 1370. The van der Waals surface area contributed by atoms with E-state index in [1.807, 2.05) is 75.3 Å². The number of rotatable bonds is 4. The van der Waals surface area contributed by atoms with Crippen molar-refractivity contribution in [1.82, 2.24) is 24.1 Å². The second-order valence-electron chi connectivity index (χ2n) is 9.56. The highest BCUT2D eigenvalue weighted by atomic mass is 16.2. The molecule has 0 spiro atoms. The van der Waals surface area contributed by atoms with Crippen molar-refractivity contribution in [1.29, 1.82) is 0 Å². The Hall–Kier alpha value is -4.13. The van der Waals surface area contributed by atoms with Gasteiger partial charge in [0.15, 0.2) is 5.82 Å². The quantitative estimate of drug-likeness (QED) is 0.443. The molecule has 2 aliphatic heterocycles. The lowest BCUT2D eigenvalue weighted by molar-refractivity contribution is -0.137. The summed E-state index contributed by atoms with van der Waals surface area (Å²) in [6, 6.07) is 22.1. The van der Waals surface area contributed by atoms with E-state index in [1.54, 1.807) is 10.9 Å². The summed E-state index contributed by atoms with van der Waals surface area (Å²) in [5.41, 5.74) is 4.05. The van der Waals surface area contributed by atoms with E-state index in [1.165, 1.54) is 11.1 Å². The van der Waals surface area contributed by atoms with Crippen LogP contribution in [0.3, 0.4) is 0 Å². The van der Waals surface area contributed by atoms with Gasteiger partial charge in [-0.25, -0.2) is 4.68 Å². The highest BCUT2D eigenvalue weighted by molar-refractivity contribution is 5.97. The standard InChI is InChI=1S/C29H29N5O2/c35-28(33-19-12-22-8-4-5-9-24(22)21-33)23-13-17-32(18-14-23)29(36)26-20-30-34(25-10-2-1-3-11-25)27(26)31-15-6-7-16-31/h1-11,15-16,20,23H,12-14,17-19,21H2. The van der Waals surface area contributed by atoms with Crippen LogP contribution in [0.2, 0.25) is 0 Å². The first-order chi connectivity index (χ1) is 17.7. The maximum absolute atomic E-state index is 13.6. The molecule has 182 valence electrons. The van der Waals surface area contributed by atoms with Gasteiger partial charge in [-0.3, -0.25) is 9.59 Å². The second kappa shape index (κ2) is 9.49. The topological polar surface area (TPSA) is 63.4 Å². The van der Waals surface area contributed by atoms with Crippen LogP contribution in [0.25, 0.3) is 11.5 Å². The number of aromatic nitrogens is 3. The molecule has 2 aliphatic rings. The van der Waals surface area contributed by atoms with Gasteiger partial charge in [-0.2, -0.15) is 5.10 Å². The van der Waals surface area contributed by atoms with Crippen LogP contribution >= 0.6 is 0 Å². The van der Waals surface area contributed by atoms with Gasteiger partial charge < -0.3 is 14.4 Å². The van der Waals surface area contributed by atoms with Crippen LogP contribution in [0, 0.1) is 5.92 Å². The summed E-state index contributed by atoms with van der Waals surface area (Å²) in [6.45, 7) is 2.60. The summed E-state index contributed by atoms with van der Waals surface area (Å²) in [5, 5.41) is 4.57. The van der Waals surface area contributed by atoms with E-state index in [2.05, 4.69) is 23.3 Å². The van der Waals surface area contributed by atoms with Crippen molar-refractivity contribution in [3.8, 4) is 11.5 Å². The summed E-state index contributed by atoms with van der Waals surface area (Å²) in [4.78, 5) is 30.8. The number of amides is 2. The number of carbonyl (C=O) groups is 2. The molecule has 2 aromatic carbocycles. The summed E-state index contributed by atoms with van der Waals surface area (Å²) in [5.74, 6) is 0.872. The lowest BCUT2D eigenvalue weighted by Crippen LogP contribution is -2.45. The minimum Gasteiger partial charge on any atom is -0.338 e. The average Bonchev–Trinajstić information content (AvgIpc) is 3.63. The Labute approximate surface area is 210 Å². The van der Waals surface area contributed by atoms with Crippen LogP contribution in [0.1, 0.15) is 34.3 Å². The Morgan fingerprint density at radius 2 is 1.47 bits per heavy atom. The molecular weight excluding hydrogens is 450 g/mol. The number of hydrogen-bond acceptors (Lipinski definition) is 3. The third-order valence-corrected chi connectivity index (χ3v) is 7.40. The van der Waals surface area contributed by atoms with E-state index < -0.39 is 0 Å². The van der Waals surface area contributed by atoms with Crippen LogP contribution in [0.4, 0.5) is 0 Å². The van der Waals surface area contributed by atoms with Gasteiger partial charge >= 0.3 is 0 Å². The molecule has 4 heterocycles. The Morgan fingerprint density at radius 1 is 0.778 bits per heavy atom. The van der Waals surface area contributed by atoms with Crippen molar-refractivity contribution < 1.29 is 9.59 Å². The number of carbonyl (C=O) groups excluding carboxylic acids is 2. The fourth-order valence-electron chi connectivity index (χ4n) is 5.42. The van der Waals surface area contributed by atoms with Crippen LogP contribution in [0.15, 0.2) is 85.3 Å². The van der Waals surface area contributed by atoms with E-state index in [0.717, 1.165) is 24.5 Å². The molecule has 4 aromatic rings. The van der Waals surface area contributed by atoms with Crippen molar-refractivity contribution in [2.24, 2.45) is 5.92 Å². The van der Waals surface area contributed by atoms with Gasteiger partial charge in [-0.05, 0) is 54.7 Å². The van der Waals surface area contributed by atoms with Crippen LogP contribution in [-0.4, -0.2) is 55.6 Å². The molecule has 6 rings (SSSR count). The number of benzene rings is 2. The van der Waals surface area contributed by atoms with E-state index >= 15 is 0 Å². The number of hydrogen-bond donors (Lipinski definition) is 0. The molecule has 1 fully saturated rings. The van der Waals surface area contributed by atoms with Gasteiger partial charge in [0, 0.05) is 44.5 Å². The van der Waals surface area contributed by atoms with Crippen molar-refractivity contribution in [2.45, 2.75) is 25.8 Å². The van der Waals surface area contributed by atoms with Gasteiger partial charge in [0.2, 0.25) is 5.91 Å². The maximum atomic E-state index is 13.6. The Morgan fingerprint density at radius 3 is 2.22 bits per heavy atom. The number of piperidine rings is 1. The molecule has 0 bridgehead atoms. The normalized spacial score (nSPS) is 16.1. The third-order valence-electron chi connectivity index (χ3n) is 7.40. The van der Waals surface area contributed by atoms with E-state index in [-0.39, 0.29) is 17.7 Å². The van der Waals surface area contributed by atoms with Crippen molar-refractivity contribution >= 4 is 11.8 Å². The summed E-state index contributed by atoms with van der Waals surface area (Å²) < 4.78 is 3.73. The smallest absolute Gasteiger partial charge is 0.259 e. The highest BCUT2D eigenvalue weighted by Gasteiger charge is 2.33. The molecular formula is C29H29N5O2. The molecule has 36 heavy (non-hydrogen) atoms. The number of nitrogens with zero attached hydrogens (tertiary/aromatic N) is 5. The first-order valence-corrected chi connectivity index (χ1v) is 12.6. The molecule has 1 saturated heterocycles. The van der Waals surface area contributed by atoms with Gasteiger partial charge in [-0.1, -0.05) is 42.5 Å². The lowest BCUT2D eigenvalue weighted by Gasteiger charge is -2.36. The second-order valence-corrected chi connectivity index (χ2v) is 9.56. The zero-order valence-corrected chi connectivity index (χ0v) is 20.2. The van der Waals surface area contributed by atoms with Crippen molar-refractivity contribution in [2.75, 3.05) is 19.6 Å². The monoisotopic (exact) mass is 479 g/mol. The van der Waals surface area contributed by atoms with Gasteiger partial charge in [0.25, 0.3) is 5.91 Å². The molecule has 0 radical (unpaired) electrons. The molecule has 2 aromatic heterocycles.